The van der Waals surface area contributed by atoms with Gasteiger partial charge in [0.2, 0.25) is 21.9 Å². The van der Waals surface area contributed by atoms with Crippen LogP contribution in [0.2, 0.25) is 0 Å². The normalized spacial score (nSPS) is 10.9. The number of nitrogens with one attached hydrogen (secondary N) is 3. The molecule has 0 bridgehead atoms. The molecule has 0 unspecified atom stereocenters. The number of benzene rings is 2. The number of rotatable bonds is 7. The van der Waals surface area contributed by atoms with Crippen LogP contribution in [-0.4, -0.2) is 24.3 Å². The van der Waals surface area contributed by atoms with Crippen molar-refractivity contribution in [1.29, 1.82) is 5.26 Å². The van der Waals surface area contributed by atoms with E-state index in [9.17, 15) is 17.6 Å². The van der Waals surface area contributed by atoms with Crippen molar-refractivity contribution in [2.45, 2.75) is 25.2 Å². The van der Waals surface area contributed by atoms with Crippen LogP contribution in [0.5, 0.6) is 0 Å². The number of aromatic nitrogens is 2. The van der Waals surface area contributed by atoms with E-state index in [4.69, 9.17) is 10.4 Å². The van der Waals surface area contributed by atoms with Crippen LogP contribution in [0.15, 0.2) is 47.5 Å². The van der Waals surface area contributed by atoms with Crippen molar-refractivity contribution in [3.63, 3.8) is 0 Å². The van der Waals surface area contributed by atoms with Crippen molar-refractivity contribution in [1.82, 2.24) is 9.97 Å². The van der Waals surface area contributed by atoms with Crippen molar-refractivity contribution in [2.75, 3.05) is 16.0 Å². The Morgan fingerprint density at radius 1 is 1.12 bits per heavy atom. The lowest BCUT2D eigenvalue weighted by atomic mass is 10.1. The molecule has 1 heterocycles. The minimum atomic E-state index is -3.92. The zero-order chi connectivity index (χ0) is 24.2. The lowest BCUT2D eigenvalue weighted by Gasteiger charge is -2.13. The van der Waals surface area contributed by atoms with E-state index >= 15 is 0 Å². The number of carbonyl (C=O) groups excluding carboxylic acids is 1. The third kappa shape index (κ3) is 6.00. The zero-order valence-corrected chi connectivity index (χ0v) is 18.5. The Kier molecular flexibility index (Phi) is 6.86. The lowest BCUT2D eigenvalue weighted by Crippen LogP contribution is -2.14. The second kappa shape index (κ2) is 9.60. The van der Waals surface area contributed by atoms with Crippen LogP contribution < -0.4 is 21.1 Å². The Hall–Kier alpha value is -4.08. The van der Waals surface area contributed by atoms with Crippen LogP contribution in [0.1, 0.15) is 17.5 Å². The zero-order valence-electron chi connectivity index (χ0n) is 17.7. The molecule has 0 radical (unpaired) electrons. The second-order valence-corrected chi connectivity index (χ2v) is 8.61. The molecule has 10 nitrogen and oxygen atoms in total. The number of hydrogen-bond acceptors (Lipinski definition) is 8. The van der Waals surface area contributed by atoms with Gasteiger partial charge >= 0.3 is 0 Å². The molecule has 1 aromatic heterocycles. The van der Waals surface area contributed by atoms with Gasteiger partial charge in [0.1, 0.15) is 6.42 Å². The SMILES string of the molecule is Cc1cc(Nc2nc(Nc3ccc(C)c(S(N)(=O)=O)c3)ncc2F)ccc1NC(=O)CC#N. The number of primary sulfonamides is 1. The summed E-state index contributed by atoms with van der Waals surface area (Å²) in [5.74, 6) is -1.23. The van der Waals surface area contributed by atoms with Gasteiger partial charge in [0, 0.05) is 17.1 Å². The molecule has 0 atom stereocenters. The maximum Gasteiger partial charge on any atom is 0.238 e. The highest BCUT2D eigenvalue weighted by molar-refractivity contribution is 7.89. The van der Waals surface area contributed by atoms with Gasteiger partial charge in [0.05, 0.1) is 17.2 Å². The number of nitriles is 1. The van der Waals surface area contributed by atoms with Crippen LogP contribution in [0, 0.1) is 31.0 Å². The van der Waals surface area contributed by atoms with Gasteiger partial charge in [-0.15, -0.1) is 0 Å². The molecule has 33 heavy (non-hydrogen) atoms. The molecule has 0 spiro atoms. The first-order valence-corrected chi connectivity index (χ1v) is 11.1. The molecule has 0 aliphatic carbocycles. The smallest absolute Gasteiger partial charge is 0.238 e. The van der Waals surface area contributed by atoms with Gasteiger partial charge in [-0.05, 0) is 55.3 Å². The average molecular weight is 470 g/mol. The van der Waals surface area contributed by atoms with E-state index in [-0.39, 0.29) is 23.1 Å². The van der Waals surface area contributed by atoms with Crippen LogP contribution in [-0.2, 0) is 14.8 Å². The van der Waals surface area contributed by atoms with Gasteiger partial charge in [-0.1, -0.05) is 6.07 Å². The Balaban J connectivity index is 1.81. The highest BCUT2D eigenvalue weighted by atomic mass is 32.2. The molecule has 0 saturated heterocycles. The van der Waals surface area contributed by atoms with Crippen LogP contribution in [0.25, 0.3) is 0 Å². The fourth-order valence-corrected chi connectivity index (χ4v) is 3.72. The van der Waals surface area contributed by atoms with E-state index in [1.807, 2.05) is 0 Å². The number of halogens is 1. The first-order chi connectivity index (χ1) is 15.6. The van der Waals surface area contributed by atoms with Crippen molar-refractivity contribution in [3.05, 3.63) is 59.5 Å². The molecule has 5 N–H and O–H groups in total. The number of amides is 1. The van der Waals surface area contributed by atoms with Gasteiger partial charge in [-0.3, -0.25) is 4.79 Å². The third-order valence-corrected chi connectivity index (χ3v) is 5.55. The number of nitrogens with two attached hydrogens (primary N) is 1. The summed E-state index contributed by atoms with van der Waals surface area (Å²) in [5.41, 5.74) is 2.55. The van der Waals surface area contributed by atoms with Gasteiger partial charge in [-0.2, -0.15) is 10.2 Å². The van der Waals surface area contributed by atoms with Crippen molar-refractivity contribution in [3.8, 4) is 6.07 Å². The summed E-state index contributed by atoms with van der Waals surface area (Å²) in [5, 5.41) is 22.1. The maximum atomic E-state index is 14.3. The maximum absolute atomic E-state index is 14.3. The van der Waals surface area contributed by atoms with Crippen molar-refractivity contribution < 1.29 is 17.6 Å². The first kappa shape index (κ1) is 23.6. The fourth-order valence-electron chi connectivity index (χ4n) is 2.91. The number of anilines is 5. The van der Waals surface area contributed by atoms with E-state index in [1.165, 1.54) is 6.07 Å². The Bertz CT molecular complexity index is 1370. The van der Waals surface area contributed by atoms with E-state index in [2.05, 4.69) is 25.9 Å². The van der Waals surface area contributed by atoms with Crippen molar-refractivity contribution in [2.24, 2.45) is 5.14 Å². The van der Waals surface area contributed by atoms with E-state index in [0.29, 0.717) is 28.2 Å². The Morgan fingerprint density at radius 3 is 2.48 bits per heavy atom. The van der Waals surface area contributed by atoms with Gasteiger partial charge in [0.25, 0.3) is 0 Å². The summed E-state index contributed by atoms with van der Waals surface area (Å²) in [6.07, 6.45) is 0.705. The Labute approximate surface area is 189 Å². The number of nitrogens with zero attached hydrogens (tertiary/aromatic N) is 3. The molecule has 1 amide bonds. The van der Waals surface area contributed by atoms with E-state index in [1.54, 1.807) is 50.2 Å². The molecule has 3 aromatic rings. The summed E-state index contributed by atoms with van der Waals surface area (Å²) >= 11 is 0. The first-order valence-electron chi connectivity index (χ1n) is 9.54. The summed E-state index contributed by atoms with van der Waals surface area (Å²) in [6.45, 7) is 3.36. The topological polar surface area (TPSA) is 163 Å². The van der Waals surface area contributed by atoms with E-state index in [0.717, 1.165) is 6.20 Å². The molecule has 0 aliphatic heterocycles. The Morgan fingerprint density at radius 2 is 1.82 bits per heavy atom. The minimum Gasteiger partial charge on any atom is -0.338 e. The van der Waals surface area contributed by atoms with Gasteiger partial charge in [0.15, 0.2) is 11.6 Å². The summed E-state index contributed by atoms with van der Waals surface area (Å²) in [7, 11) is -3.92. The van der Waals surface area contributed by atoms with Crippen LogP contribution >= 0.6 is 0 Å². The quantitative estimate of drug-likeness (QED) is 0.410. The van der Waals surface area contributed by atoms with Gasteiger partial charge in [-0.25, -0.2) is 22.9 Å². The number of hydrogen-bond donors (Lipinski definition) is 4. The van der Waals surface area contributed by atoms with Crippen molar-refractivity contribution >= 4 is 44.8 Å². The number of aryl methyl sites for hydroxylation is 2. The summed E-state index contributed by atoms with van der Waals surface area (Å²) in [6, 6.07) is 11.2. The minimum absolute atomic E-state index is 0.0280. The molecule has 2 aromatic carbocycles. The van der Waals surface area contributed by atoms with Crippen LogP contribution in [0.4, 0.5) is 33.2 Å². The average Bonchev–Trinajstić information content (AvgIpc) is 2.73. The standard InChI is InChI=1S/C21H20FN7O3S/c1-12-3-4-15(10-18(12)33(24,31)32)27-21-25-11-16(22)20(29-21)26-14-5-6-17(13(2)9-14)28-19(30)7-8-23/h3-6,9-11H,7H2,1-2H3,(H,28,30)(H2,24,31,32)(H2,25,26,27,29). The predicted octanol–water partition coefficient (Wildman–Crippen LogP) is 3.22. The molecular formula is C21H20FN7O3S. The largest absolute Gasteiger partial charge is 0.338 e. The van der Waals surface area contributed by atoms with Crippen LogP contribution in [0.3, 0.4) is 0 Å². The monoisotopic (exact) mass is 469 g/mol. The van der Waals surface area contributed by atoms with Gasteiger partial charge < -0.3 is 16.0 Å². The summed E-state index contributed by atoms with van der Waals surface area (Å²) in [4.78, 5) is 19.5. The molecule has 0 fully saturated rings. The number of sulfonamides is 1. The molecule has 3 rings (SSSR count). The molecule has 0 saturated carbocycles. The fraction of sp³-hybridized carbons (Fsp3) is 0.143. The highest BCUT2D eigenvalue weighted by Crippen LogP contribution is 2.25. The molecule has 0 aliphatic rings. The summed E-state index contributed by atoms with van der Waals surface area (Å²) < 4.78 is 37.8. The molecule has 12 heteroatoms. The molecular weight excluding hydrogens is 449 g/mol. The second-order valence-electron chi connectivity index (χ2n) is 7.08. The predicted molar refractivity (Wildman–Crippen MR) is 121 cm³/mol. The van der Waals surface area contributed by atoms with E-state index < -0.39 is 21.7 Å². The third-order valence-electron chi connectivity index (χ3n) is 4.50. The highest BCUT2D eigenvalue weighted by Gasteiger charge is 2.14. The molecule has 170 valence electrons. The number of carbonyl (C=O) groups is 1. The lowest BCUT2D eigenvalue weighted by molar-refractivity contribution is -0.115.